The Kier molecular flexibility index (Phi) is 10.3. The van der Waals surface area contributed by atoms with Gasteiger partial charge in [-0.1, -0.05) is 60.7 Å². The number of hydrogen-bond acceptors (Lipinski definition) is 5. The fourth-order valence-electron chi connectivity index (χ4n) is 4.76. The molecule has 2 aromatic rings. The smallest absolute Gasteiger partial charge is 0.320 e. The molecule has 1 aliphatic rings. The Balaban J connectivity index is 1.96. The van der Waals surface area contributed by atoms with Gasteiger partial charge in [0.05, 0.1) is 12.1 Å². The third-order valence-corrected chi connectivity index (χ3v) is 6.62. The van der Waals surface area contributed by atoms with Crippen LogP contribution in [-0.4, -0.2) is 86.9 Å². The Morgan fingerprint density at radius 2 is 1.00 bits per heavy atom. The molecule has 1 aliphatic heterocycles. The first-order chi connectivity index (χ1) is 16.6. The highest BCUT2D eigenvalue weighted by Gasteiger charge is 2.45. The van der Waals surface area contributed by atoms with Crippen LogP contribution in [0.2, 0.25) is 0 Å². The Hall–Kier alpha value is -2.45. The van der Waals surface area contributed by atoms with Crippen molar-refractivity contribution in [1.29, 1.82) is 0 Å². The summed E-state index contributed by atoms with van der Waals surface area (Å²) in [6.07, 6.45) is 0.897. The van der Waals surface area contributed by atoms with Crippen molar-refractivity contribution in [2.24, 2.45) is 0 Å². The second-order valence-electron chi connectivity index (χ2n) is 9.03. The molecule has 0 aliphatic carbocycles. The van der Waals surface area contributed by atoms with Crippen molar-refractivity contribution in [3.05, 3.63) is 71.8 Å². The number of urea groups is 1. The number of aliphatic hydroxyl groups excluding tert-OH is 4. The van der Waals surface area contributed by atoms with Crippen molar-refractivity contribution < 1.29 is 25.2 Å². The number of carbonyl (C=O) groups is 1. The zero-order chi connectivity index (χ0) is 24.3. The summed E-state index contributed by atoms with van der Waals surface area (Å²) in [6.45, 7) is 0.839. The highest BCUT2D eigenvalue weighted by molar-refractivity contribution is 5.76. The number of unbranched alkanes of at least 4 members (excludes halogenated alkanes) is 2. The zero-order valence-corrected chi connectivity index (χ0v) is 19.7. The molecule has 0 aromatic heterocycles. The van der Waals surface area contributed by atoms with Gasteiger partial charge in [0.1, 0.15) is 12.2 Å². The van der Waals surface area contributed by atoms with Crippen LogP contribution in [0.3, 0.4) is 0 Å². The standard InChI is InChI=1S/C27H38N2O5/c30-17-9-7-15-28-23(19-21-11-3-1-4-12-21)25(32)26(33)24(20-22-13-5-2-6-14-22)29(27(28)34)16-8-10-18-31/h1-6,11-14,23-26,30-33H,7-10,15-20H2/t23-,24-,25+,26+/m1/s1. The second-order valence-corrected chi connectivity index (χ2v) is 9.03. The van der Waals surface area contributed by atoms with Crippen molar-refractivity contribution in [2.75, 3.05) is 26.3 Å². The molecule has 3 rings (SSSR count). The van der Waals surface area contributed by atoms with Gasteiger partial charge in [-0.2, -0.15) is 0 Å². The van der Waals surface area contributed by atoms with Gasteiger partial charge >= 0.3 is 6.03 Å². The molecule has 2 aromatic carbocycles. The van der Waals surface area contributed by atoms with Gasteiger partial charge in [-0.25, -0.2) is 4.79 Å². The van der Waals surface area contributed by atoms with Crippen molar-refractivity contribution in [2.45, 2.75) is 62.8 Å². The monoisotopic (exact) mass is 470 g/mol. The van der Waals surface area contributed by atoms with E-state index < -0.39 is 24.3 Å². The molecule has 186 valence electrons. The fourth-order valence-corrected chi connectivity index (χ4v) is 4.76. The minimum absolute atomic E-state index is 0.0351. The highest BCUT2D eigenvalue weighted by Crippen LogP contribution is 2.28. The number of hydrogen-bond donors (Lipinski definition) is 4. The van der Waals surface area contributed by atoms with Gasteiger partial charge in [-0.3, -0.25) is 0 Å². The van der Waals surface area contributed by atoms with Crippen LogP contribution in [-0.2, 0) is 12.8 Å². The van der Waals surface area contributed by atoms with E-state index in [9.17, 15) is 25.2 Å². The van der Waals surface area contributed by atoms with Crippen molar-refractivity contribution in [3.63, 3.8) is 0 Å². The van der Waals surface area contributed by atoms with Crippen molar-refractivity contribution >= 4 is 6.03 Å². The Morgan fingerprint density at radius 3 is 1.35 bits per heavy atom. The number of rotatable bonds is 12. The summed E-state index contributed by atoms with van der Waals surface area (Å²) < 4.78 is 0. The van der Waals surface area contributed by atoms with Gasteiger partial charge in [0.2, 0.25) is 0 Å². The summed E-state index contributed by atoms with van der Waals surface area (Å²) in [5.74, 6) is 0. The maximum Gasteiger partial charge on any atom is 0.320 e. The molecule has 1 fully saturated rings. The molecular formula is C27H38N2O5. The lowest BCUT2D eigenvalue weighted by atomic mass is 9.91. The number of amides is 2. The van der Waals surface area contributed by atoms with E-state index in [0.717, 1.165) is 11.1 Å². The summed E-state index contributed by atoms with van der Waals surface area (Å²) in [6, 6.07) is 18.0. The second kappa shape index (κ2) is 13.4. The Labute approximate surface area is 202 Å². The van der Waals surface area contributed by atoms with Gasteiger partial charge < -0.3 is 30.2 Å². The van der Waals surface area contributed by atoms with E-state index in [1.807, 2.05) is 60.7 Å². The van der Waals surface area contributed by atoms with Gasteiger partial charge in [0.25, 0.3) is 0 Å². The lowest BCUT2D eigenvalue weighted by molar-refractivity contribution is -0.0397. The van der Waals surface area contributed by atoms with Gasteiger partial charge in [-0.05, 0) is 49.7 Å². The number of benzene rings is 2. The van der Waals surface area contributed by atoms with Crippen LogP contribution >= 0.6 is 0 Å². The van der Waals surface area contributed by atoms with E-state index in [1.165, 1.54) is 0 Å². The van der Waals surface area contributed by atoms with Crippen LogP contribution in [0, 0.1) is 0 Å². The lowest BCUT2D eigenvalue weighted by Gasteiger charge is -2.35. The maximum atomic E-state index is 13.9. The molecule has 34 heavy (non-hydrogen) atoms. The van der Waals surface area contributed by atoms with E-state index in [1.54, 1.807) is 9.80 Å². The molecule has 2 amide bonds. The molecule has 0 saturated carbocycles. The zero-order valence-electron chi connectivity index (χ0n) is 19.7. The van der Waals surface area contributed by atoms with Crippen molar-refractivity contribution in [1.82, 2.24) is 9.80 Å². The molecule has 0 unspecified atom stereocenters. The molecule has 1 heterocycles. The Bertz CT molecular complexity index is 781. The number of aliphatic hydroxyl groups is 4. The van der Waals surface area contributed by atoms with E-state index in [2.05, 4.69) is 0 Å². The SMILES string of the molecule is O=C1N(CCCCO)[C@H](Cc2ccccc2)[C@H](O)[C@@H](O)[C@@H](Cc2ccccc2)N1CCCCO. The van der Waals surface area contributed by atoms with Crippen molar-refractivity contribution in [3.8, 4) is 0 Å². The van der Waals surface area contributed by atoms with Crippen LogP contribution in [0.5, 0.6) is 0 Å². The molecule has 7 nitrogen and oxygen atoms in total. The fraction of sp³-hybridized carbons (Fsp3) is 0.519. The minimum Gasteiger partial charge on any atom is -0.396 e. The topological polar surface area (TPSA) is 104 Å². The highest BCUT2D eigenvalue weighted by atomic mass is 16.3. The average Bonchev–Trinajstić information content (AvgIpc) is 2.92. The van der Waals surface area contributed by atoms with Crippen LogP contribution in [0.1, 0.15) is 36.8 Å². The molecule has 1 saturated heterocycles. The molecule has 0 spiro atoms. The first-order valence-corrected chi connectivity index (χ1v) is 12.3. The molecule has 4 N–H and O–H groups in total. The van der Waals surface area contributed by atoms with E-state index in [4.69, 9.17) is 0 Å². The summed E-state index contributed by atoms with van der Waals surface area (Å²) in [5.41, 5.74) is 1.96. The lowest BCUT2D eigenvalue weighted by Crippen LogP contribution is -2.51. The quantitative estimate of drug-likeness (QED) is 0.356. The summed E-state index contributed by atoms with van der Waals surface area (Å²) in [4.78, 5) is 17.3. The van der Waals surface area contributed by atoms with Gasteiger partial charge in [0.15, 0.2) is 0 Å². The molecule has 0 bridgehead atoms. The third kappa shape index (κ3) is 6.79. The summed E-state index contributed by atoms with van der Waals surface area (Å²) >= 11 is 0. The third-order valence-electron chi connectivity index (χ3n) is 6.62. The van der Waals surface area contributed by atoms with E-state index in [-0.39, 0.29) is 19.2 Å². The number of carbonyl (C=O) groups excluding carboxylic acids is 1. The average molecular weight is 471 g/mol. The predicted octanol–water partition coefficient (Wildman–Crippen LogP) is 2.21. The van der Waals surface area contributed by atoms with Crippen LogP contribution < -0.4 is 0 Å². The van der Waals surface area contributed by atoms with Crippen LogP contribution in [0.15, 0.2) is 60.7 Å². The normalized spacial score (nSPS) is 23.2. The summed E-state index contributed by atoms with van der Waals surface area (Å²) in [5, 5.41) is 41.4. The Morgan fingerprint density at radius 1 is 0.618 bits per heavy atom. The van der Waals surface area contributed by atoms with Gasteiger partial charge in [-0.15, -0.1) is 0 Å². The maximum absolute atomic E-state index is 13.9. The van der Waals surface area contributed by atoms with E-state index in [0.29, 0.717) is 51.6 Å². The van der Waals surface area contributed by atoms with Crippen LogP contribution in [0.4, 0.5) is 4.79 Å². The predicted molar refractivity (Wildman–Crippen MR) is 131 cm³/mol. The first-order valence-electron chi connectivity index (χ1n) is 12.3. The van der Waals surface area contributed by atoms with E-state index >= 15 is 0 Å². The molecule has 7 heteroatoms. The van der Waals surface area contributed by atoms with Gasteiger partial charge in [0, 0.05) is 26.3 Å². The summed E-state index contributed by atoms with van der Waals surface area (Å²) in [7, 11) is 0. The molecular weight excluding hydrogens is 432 g/mol. The number of nitrogens with zero attached hydrogens (tertiary/aromatic N) is 2. The first kappa shape index (κ1) is 26.2. The molecule has 0 radical (unpaired) electrons. The van der Waals surface area contributed by atoms with Crippen LogP contribution in [0.25, 0.3) is 0 Å². The minimum atomic E-state index is -1.13. The largest absolute Gasteiger partial charge is 0.396 e. The molecule has 4 atom stereocenters.